The maximum absolute atomic E-state index is 10.9. The maximum Gasteiger partial charge on any atom is 0.339 e. The van der Waals surface area contributed by atoms with Crippen LogP contribution in [-0.4, -0.2) is 22.6 Å². The van der Waals surface area contributed by atoms with Gasteiger partial charge < -0.3 is 15.5 Å². The van der Waals surface area contributed by atoms with Crippen molar-refractivity contribution in [1.29, 1.82) is 0 Å². The fraction of sp³-hybridized carbons (Fsp3) is 0. The van der Waals surface area contributed by atoms with Crippen LogP contribution in [0.4, 0.5) is 5.69 Å². The Morgan fingerprint density at radius 1 is 1.05 bits per heavy atom. The number of hydrogen-bond donors (Lipinski definition) is 3. The number of nitrogens with one attached hydrogen (secondary N) is 1. The molecule has 3 N–H and O–H groups in total. The van der Waals surface area contributed by atoms with Gasteiger partial charge in [-0.15, -0.1) is 0 Å². The molecule has 5 nitrogen and oxygen atoms in total. The van der Waals surface area contributed by atoms with Gasteiger partial charge in [0.25, 0.3) is 0 Å². The molecule has 1 amide bonds. The normalized spacial score (nSPS) is 9.89. The van der Waals surface area contributed by atoms with Crippen LogP contribution in [0.1, 0.15) is 10.4 Å². The summed E-state index contributed by atoms with van der Waals surface area (Å²) in [5.41, 5.74) is 1.97. The first kappa shape index (κ1) is 12.6. The summed E-state index contributed by atoms with van der Waals surface area (Å²) in [7, 11) is 0. The molecule has 0 bridgehead atoms. The number of carbonyl (C=O) groups excluding carboxylic acids is 1. The lowest BCUT2D eigenvalue weighted by Gasteiger charge is -2.06. The van der Waals surface area contributed by atoms with E-state index in [9.17, 15) is 14.7 Å². The Kier molecular flexibility index (Phi) is 3.47. The molecule has 2 aromatic rings. The fourth-order valence-electron chi connectivity index (χ4n) is 1.71. The summed E-state index contributed by atoms with van der Waals surface area (Å²) in [6.45, 7) is 0. The fourth-order valence-corrected chi connectivity index (χ4v) is 1.71. The third kappa shape index (κ3) is 2.71. The summed E-state index contributed by atoms with van der Waals surface area (Å²) in [5, 5.41) is 20.9. The smallest absolute Gasteiger partial charge is 0.339 e. The number of carbonyl (C=O) groups is 2. The molecule has 0 atom stereocenters. The van der Waals surface area contributed by atoms with Crippen LogP contribution in [0.2, 0.25) is 0 Å². The second-order valence-corrected chi connectivity index (χ2v) is 3.88. The van der Waals surface area contributed by atoms with E-state index < -0.39 is 5.97 Å². The quantitative estimate of drug-likeness (QED) is 0.733. The zero-order valence-electron chi connectivity index (χ0n) is 9.83. The minimum Gasteiger partial charge on any atom is -0.507 e. The number of phenols is 1. The number of hydrogen-bond acceptors (Lipinski definition) is 3. The largest absolute Gasteiger partial charge is 0.507 e. The van der Waals surface area contributed by atoms with Crippen molar-refractivity contribution in [3.05, 3.63) is 48.0 Å². The van der Waals surface area contributed by atoms with E-state index in [0.717, 1.165) is 5.56 Å². The van der Waals surface area contributed by atoms with Gasteiger partial charge in [0.2, 0.25) is 6.41 Å². The molecule has 0 aromatic heterocycles. The van der Waals surface area contributed by atoms with Gasteiger partial charge in [-0.1, -0.05) is 18.2 Å². The van der Waals surface area contributed by atoms with Gasteiger partial charge in [0.1, 0.15) is 11.3 Å². The second kappa shape index (κ2) is 5.22. The average molecular weight is 257 g/mol. The Hall–Kier alpha value is -2.82. The zero-order chi connectivity index (χ0) is 13.8. The van der Waals surface area contributed by atoms with Crippen molar-refractivity contribution in [1.82, 2.24) is 0 Å². The first-order valence-electron chi connectivity index (χ1n) is 5.49. The van der Waals surface area contributed by atoms with E-state index >= 15 is 0 Å². The lowest BCUT2D eigenvalue weighted by molar-refractivity contribution is -0.105. The van der Waals surface area contributed by atoms with Crippen molar-refractivity contribution >= 4 is 18.1 Å². The number of anilines is 1. The van der Waals surface area contributed by atoms with E-state index in [0.29, 0.717) is 17.7 Å². The van der Waals surface area contributed by atoms with Gasteiger partial charge in [-0.2, -0.15) is 0 Å². The minimum atomic E-state index is -1.18. The van der Waals surface area contributed by atoms with Crippen molar-refractivity contribution in [3.8, 4) is 16.9 Å². The van der Waals surface area contributed by atoms with Crippen LogP contribution in [0, 0.1) is 0 Å². The molecular weight excluding hydrogens is 246 g/mol. The Morgan fingerprint density at radius 3 is 2.26 bits per heavy atom. The van der Waals surface area contributed by atoms with Crippen molar-refractivity contribution in [2.45, 2.75) is 0 Å². The third-order valence-corrected chi connectivity index (χ3v) is 2.67. The van der Waals surface area contributed by atoms with Gasteiger partial charge in [0.15, 0.2) is 0 Å². The van der Waals surface area contributed by atoms with Crippen molar-refractivity contribution in [2.75, 3.05) is 5.32 Å². The Balaban J connectivity index is 2.38. The highest BCUT2D eigenvalue weighted by Crippen LogP contribution is 2.26. The SMILES string of the molecule is O=CNc1ccc(-c2ccc(O)c(C(=O)O)c2)cc1. The molecule has 0 aliphatic carbocycles. The van der Waals surface area contributed by atoms with Gasteiger partial charge >= 0.3 is 5.97 Å². The Morgan fingerprint density at radius 2 is 1.68 bits per heavy atom. The maximum atomic E-state index is 10.9. The molecule has 5 heteroatoms. The molecule has 0 aliphatic rings. The standard InChI is InChI=1S/C14H11NO4/c16-8-15-11-4-1-9(2-5-11)10-3-6-13(17)12(7-10)14(18)19/h1-8,17H,(H,15,16)(H,18,19). The van der Waals surface area contributed by atoms with Crippen LogP contribution in [0.5, 0.6) is 5.75 Å². The van der Waals surface area contributed by atoms with Crippen molar-refractivity contribution in [3.63, 3.8) is 0 Å². The van der Waals surface area contributed by atoms with E-state index in [1.807, 2.05) is 0 Å². The van der Waals surface area contributed by atoms with Crippen LogP contribution in [0.3, 0.4) is 0 Å². The number of aromatic carboxylic acids is 1. The molecule has 0 fully saturated rings. The van der Waals surface area contributed by atoms with Crippen LogP contribution in [0.15, 0.2) is 42.5 Å². The number of carboxylic acid groups (broad SMARTS) is 1. The number of aromatic hydroxyl groups is 1. The summed E-state index contributed by atoms with van der Waals surface area (Å²) in [6, 6.07) is 11.3. The first-order chi connectivity index (χ1) is 9.11. The number of amides is 1. The predicted molar refractivity (Wildman–Crippen MR) is 70.2 cm³/mol. The molecule has 0 radical (unpaired) electrons. The van der Waals surface area contributed by atoms with Crippen LogP contribution < -0.4 is 5.32 Å². The van der Waals surface area contributed by atoms with Gasteiger partial charge in [0, 0.05) is 5.69 Å². The molecule has 2 aromatic carbocycles. The summed E-state index contributed by atoms with van der Waals surface area (Å²) >= 11 is 0. The molecule has 0 unspecified atom stereocenters. The van der Waals surface area contributed by atoms with Crippen LogP contribution in [-0.2, 0) is 4.79 Å². The summed E-state index contributed by atoms with van der Waals surface area (Å²) in [5.74, 6) is -1.45. The molecule has 0 spiro atoms. The number of benzene rings is 2. The van der Waals surface area contributed by atoms with Gasteiger partial charge in [-0.3, -0.25) is 4.79 Å². The molecule has 0 aliphatic heterocycles. The highest BCUT2D eigenvalue weighted by molar-refractivity contribution is 5.92. The van der Waals surface area contributed by atoms with Crippen molar-refractivity contribution in [2.24, 2.45) is 0 Å². The van der Waals surface area contributed by atoms with Crippen LogP contribution in [0.25, 0.3) is 11.1 Å². The van der Waals surface area contributed by atoms with E-state index in [1.54, 1.807) is 30.3 Å². The van der Waals surface area contributed by atoms with E-state index in [2.05, 4.69) is 5.32 Å². The van der Waals surface area contributed by atoms with E-state index in [1.165, 1.54) is 12.1 Å². The second-order valence-electron chi connectivity index (χ2n) is 3.88. The number of rotatable bonds is 4. The molecular formula is C14H11NO4. The summed E-state index contributed by atoms with van der Waals surface area (Å²) in [6.07, 6.45) is 0.581. The molecule has 0 saturated heterocycles. The van der Waals surface area contributed by atoms with E-state index in [-0.39, 0.29) is 11.3 Å². The highest BCUT2D eigenvalue weighted by atomic mass is 16.4. The molecule has 19 heavy (non-hydrogen) atoms. The minimum absolute atomic E-state index is 0.146. The molecule has 96 valence electrons. The summed E-state index contributed by atoms with van der Waals surface area (Å²) < 4.78 is 0. The highest BCUT2D eigenvalue weighted by Gasteiger charge is 2.10. The van der Waals surface area contributed by atoms with Gasteiger partial charge in [-0.05, 0) is 35.4 Å². The number of carboxylic acids is 1. The average Bonchev–Trinajstić information content (AvgIpc) is 2.40. The molecule has 0 saturated carbocycles. The molecule has 2 rings (SSSR count). The monoisotopic (exact) mass is 257 g/mol. The molecule has 0 heterocycles. The van der Waals surface area contributed by atoms with Gasteiger partial charge in [0.05, 0.1) is 0 Å². The zero-order valence-corrected chi connectivity index (χ0v) is 9.83. The lowest BCUT2D eigenvalue weighted by Crippen LogP contribution is -1.97. The van der Waals surface area contributed by atoms with E-state index in [4.69, 9.17) is 5.11 Å². The topological polar surface area (TPSA) is 86.6 Å². The Bertz CT molecular complexity index is 620. The first-order valence-corrected chi connectivity index (χ1v) is 5.49. The Labute approximate surface area is 109 Å². The van der Waals surface area contributed by atoms with Crippen LogP contribution >= 0.6 is 0 Å². The lowest BCUT2D eigenvalue weighted by atomic mass is 10.0. The van der Waals surface area contributed by atoms with Gasteiger partial charge in [-0.25, -0.2) is 4.79 Å². The third-order valence-electron chi connectivity index (χ3n) is 2.67. The predicted octanol–water partition coefficient (Wildman–Crippen LogP) is 2.33. The summed E-state index contributed by atoms with van der Waals surface area (Å²) in [4.78, 5) is 21.2. The van der Waals surface area contributed by atoms with Crippen molar-refractivity contribution < 1.29 is 19.8 Å².